The van der Waals surface area contributed by atoms with Gasteiger partial charge in [-0.15, -0.1) is 0 Å². The van der Waals surface area contributed by atoms with E-state index in [4.69, 9.17) is 22.4 Å². The molecule has 0 aliphatic heterocycles. The third kappa shape index (κ3) is 2.48. The van der Waals surface area contributed by atoms with Gasteiger partial charge in [0.1, 0.15) is 0 Å². The third-order valence-electron chi connectivity index (χ3n) is 2.92. The van der Waals surface area contributed by atoms with E-state index < -0.39 is 0 Å². The lowest BCUT2D eigenvalue weighted by molar-refractivity contribution is 0.301. The summed E-state index contributed by atoms with van der Waals surface area (Å²) in [5, 5.41) is 9.76. The van der Waals surface area contributed by atoms with Crippen molar-refractivity contribution in [3.63, 3.8) is 0 Å². The summed E-state index contributed by atoms with van der Waals surface area (Å²) in [5.41, 5.74) is 7.61. The lowest BCUT2D eigenvalue weighted by Gasteiger charge is -2.24. The Labute approximate surface area is 101 Å². The van der Waals surface area contributed by atoms with E-state index in [1.807, 2.05) is 18.2 Å². The van der Waals surface area contributed by atoms with Crippen molar-refractivity contribution in [3.05, 3.63) is 28.8 Å². The van der Waals surface area contributed by atoms with Crippen molar-refractivity contribution in [3.8, 4) is 0 Å². The van der Waals surface area contributed by atoms with Crippen LogP contribution in [0.15, 0.2) is 18.2 Å². The van der Waals surface area contributed by atoms with Crippen molar-refractivity contribution in [1.82, 2.24) is 0 Å². The maximum atomic E-state index is 9.05. The second-order valence-electron chi connectivity index (χ2n) is 4.13. The van der Waals surface area contributed by atoms with E-state index in [0.717, 1.165) is 11.3 Å². The summed E-state index contributed by atoms with van der Waals surface area (Å²) in [5.74, 6) is 0. The predicted molar refractivity (Wildman–Crippen MR) is 66.8 cm³/mol. The number of benzene rings is 1. The Bertz CT molecular complexity index is 366. The Morgan fingerprint density at radius 1 is 1.44 bits per heavy atom. The Kier molecular flexibility index (Phi) is 3.69. The number of halogens is 1. The van der Waals surface area contributed by atoms with Crippen LogP contribution < -0.4 is 10.6 Å². The standard InChI is InChI=1S/C12H17ClN2O/c13-12-7-11(2-1-9(12)8-14)15(5-6-16)10-3-4-10/h1-2,7,10,16H,3-6,8,14H2. The first-order valence-corrected chi connectivity index (χ1v) is 6.00. The van der Waals surface area contributed by atoms with Crippen LogP contribution in [0, 0.1) is 0 Å². The maximum absolute atomic E-state index is 9.05. The van der Waals surface area contributed by atoms with Crippen molar-refractivity contribution in [2.75, 3.05) is 18.1 Å². The number of hydrogen-bond donors (Lipinski definition) is 2. The van der Waals surface area contributed by atoms with Gasteiger partial charge in [-0.05, 0) is 30.5 Å². The maximum Gasteiger partial charge on any atom is 0.0606 e. The minimum absolute atomic E-state index is 0.173. The number of aliphatic hydroxyl groups is 1. The summed E-state index contributed by atoms with van der Waals surface area (Å²) in [6, 6.07) is 6.51. The molecule has 3 N–H and O–H groups in total. The van der Waals surface area contributed by atoms with Crippen LogP contribution in [0.3, 0.4) is 0 Å². The lowest BCUT2D eigenvalue weighted by atomic mass is 10.2. The van der Waals surface area contributed by atoms with Crippen LogP contribution >= 0.6 is 11.6 Å². The molecule has 1 fully saturated rings. The van der Waals surface area contributed by atoms with Crippen LogP contribution in [0.1, 0.15) is 18.4 Å². The topological polar surface area (TPSA) is 49.5 Å². The van der Waals surface area contributed by atoms with Gasteiger partial charge in [0.05, 0.1) is 6.61 Å². The van der Waals surface area contributed by atoms with E-state index in [-0.39, 0.29) is 6.61 Å². The molecule has 1 aliphatic carbocycles. The van der Waals surface area contributed by atoms with Gasteiger partial charge in [0.25, 0.3) is 0 Å². The molecule has 0 atom stereocenters. The van der Waals surface area contributed by atoms with Crippen molar-refractivity contribution in [1.29, 1.82) is 0 Å². The van der Waals surface area contributed by atoms with E-state index >= 15 is 0 Å². The van der Waals surface area contributed by atoms with Crippen LogP contribution in [0.2, 0.25) is 5.02 Å². The zero-order chi connectivity index (χ0) is 11.5. The zero-order valence-electron chi connectivity index (χ0n) is 9.19. The van der Waals surface area contributed by atoms with Gasteiger partial charge in [-0.25, -0.2) is 0 Å². The van der Waals surface area contributed by atoms with E-state index in [1.54, 1.807) is 0 Å². The molecule has 0 spiro atoms. The highest BCUT2D eigenvalue weighted by molar-refractivity contribution is 6.31. The second kappa shape index (κ2) is 5.04. The monoisotopic (exact) mass is 240 g/mol. The Balaban J connectivity index is 2.20. The summed E-state index contributed by atoms with van der Waals surface area (Å²) < 4.78 is 0. The van der Waals surface area contributed by atoms with Crippen molar-refractivity contribution >= 4 is 17.3 Å². The molecule has 0 heterocycles. The molecule has 4 heteroatoms. The van der Waals surface area contributed by atoms with Gasteiger partial charge in [0.2, 0.25) is 0 Å². The molecule has 1 aromatic rings. The highest BCUT2D eigenvalue weighted by Gasteiger charge is 2.28. The molecule has 3 nitrogen and oxygen atoms in total. The molecular formula is C12H17ClN2O. The van der Waals surface area contributed by atoms with Crippen LogP contribution in [0.5, 0.6) is 0 Å². The average molecular weight is 241 g/mol. The summed E-state index contributed by atoms with van der Waals surface area (Å²) in [4.78, 5) is 2.21. The van der Waals surface area contributed by atoms with E-state index in [1.165, 1.54) is 12.8 Å². The number of nitrogens with two attached hydrogens (primary N) is 1. The van der Waals surface area contributed by atoms with Gasteiger partial charge in [-0.1, -0.05) is 17.7 Å². The predicted octanol–water partition coefficient (Wildman–Crippen LogP) is 1.76. The summed E-state index contributed by atoms with van der Waals surface area (Å²) >= 11 is 6.13. The van der Waals surface area contributed by atoms with Gasteiger partial charge in [0, 0.05) is 29.8 Å². The van der Waals surface area contributed by atoms with Gasteiger partial charge >= 0.3 is 0 Å². The first-order chi connectivity index (χ1) is 7.76. The minimum Gasteiger partial charge on any atom is -0.395 e. The molecule has 1 saturated carbocycles. The largest absolute Gasteiger partial charge is 0.395 e. The molecule has 1 aliphatic rings. The Morgan fingerprint density at radius 3 is 2.69 bits per heavy atom. The smallest absolute Gasteiger partial charge is 0.0606 e. The molecular weight excluding hydrogens is 224 g/mol. The summed E-state index contributed by atoms with van der Waals surface area (Å²) in [6.07, 6.45) is 2.41. The zero-order valence-corrected chi connectivity index (χ0v) is 9.95. The summed E-state index contributed by atoms with van der Waals surface area (Å²) in [7, 11) is 0. The van der Waals surface area contributed by atoms with E-state index in [0.29, 0.717) is 24.2 Å². The van der Waals surface area contributed by atoms with Crippen molar-refractivity contribution in [2.45, 2.75) is 25.4 Å². The molecule has 0 saturated heterocycles. The molecule has 0 bridgehead atoms. The number of hydrogen-bond acceptors (Lipinski definition) is 3. The van der Waals surface area contributed by atoms with Crippen molar-refractivity contribution < 1.29 is 5.11 Å². The number of aliphatic hydroxyl groups excluding tert-OH is 1. The van der Waals surface area contributed by atoms with E-state index in [9.17, 15) is 0 Å². The fourth-order valence-corrected chi connectivity index (χ4v) is 2.15. The minimum atomic E-state index is 0.173. The van der Waals surface area contributed by atoms with Gasteiger partial charge < -0.3 is 15.7 Å². The highest BCUT2D eigenvalue weighted by atomic mass is 35.5. The molecule has 1 aromatic carbocycles. The first-order valence-electron chi connectivity index (χ1n) is 5.62. The quantitative estimate of drug-likeness (QED) is 0.825. The van der Waals surface area contributed by atoms with Gasteiger partial charge in [-0.2, -0.15) is 0 Å². The van der Waals surface area contributed by atoms with Gasteiger partial charge in [-0.3, -0.25) is 0 Å². The lowest BCUT2D eigenvalue weighted by Crippen LogP contribution is -2.28. The fraction of sp³-hybridized carbons (Fsp3) is 0.500. The van der Waals surface area contributed by atoms with Crippen LogP contribution in [-0.4, -0.2) is 24.3 Å². The molecule has 2 rings (SSSR count). The van der Waals surface area contributed by atoms with Crippen LogP contribution in [0.25, 0.3) is 0 Å². The summed E-state index contributed by atoms with van der Waals surface area (Å²) in [6.45, 7) is 1.30. The average Bonchev–Trinajstić information content (AvgIpc) is 3.09. The SMILES string of the molecule is NCc1ccc(N(CCO)C2CC2)cc1Cl. The molecule has 0 radical (unpaired) electrons. The number of anilines is 1. The van der Waals surface area contributed by atoms with Crippen LogP contribution in [0.4, 0.5) is 5.69 Å². The van der Waals surface area contributed by atoms with E-state index in [2.05, 4.69) is 4.90 Å². The third-order valence-corrected chi connectivity index (χ3v) is 3.27. The molecule has 88 valence electrons. The normalized spacial score (nSPS) is 15.2. The second-order valence-corrected chi connectivity index (χ2v) is 4.54. The fourth-order valence-electron chi connectivity index (χ4n) is 1.90. The Morgan fingerprint density at radius 2 is 2.19 bits per heavy atom. The van der Waals surface area contributed by atoms with Crippen LogP contribution in [-0.2, 0) is 6.54 Å². The van der Waals surface area contributed by atoms with Gasteiger partial charge in [0.15, 0.2) is 0 Å². The Hall–Kier alpha value is -0.770. The first kappa shape index (κ1) is 11.7. The number of rotatable bonds is 5. The molecule has 0 unspecified atom stereocenters. The molecule has 0 aromatic heterocycles. The van der Waals surface area contributed by atoms with Crippen molar-refractivity contribution in [2.24, 2.45) is 5.73 Å². The number of nitrogens with zero attached hydrogens (tertiary/aromatic N) is 1. The molecule has 0 amide bonds. The highest BCUT2D eigenvalue weighted by Crippen LogP contribution is 2.33. The molecule has 16 heavy (non-hydrogen) atoms.